The van der Waals surface area contributed by atoms with Crippen LogP contribution in [-0.2, 0) is 6.42 Å². The van der Waals surface area contributed by atoms with E-state index < -0.39 is 0 Å². The third-order valence-electron chi connectivity index (χ3n) is 7.25. The van der Waals surface area contributed by atoms with Gasteiger partial charge < -0.3 is 19.7 Å². The summed E-state index contributed by atoms with van der Waals surface area (Å²) in [5, 5.41) is 1.38. The van der Waals surface area contributed by atoms with Crippen molar-refractivity contribution in [2.75, 3.05) is 49.6 Å². The van der Waals surface area contributed by atoms with Crippen LogP contribution in [0.15, 0.2) is 48.7 Å². The minimum Gasteiger partial charge on any atom is -0.371 e. The molecule has 144 valence electrons. The second kappa shape index (κ2) is 6.28. The van der Waals surface area contributed by atoms with Crippen LogP contribution in [0.1, 0.15) is 23.5 Å². The van der Waals surface area contributed by atoms with E-state index in [1.807, 2.05) is 0 Å². The molecule has 0 unspecified atom stereocenters. The first kappa shape index (κ1) is 16.5. The largest absolute Gasteiger partial charge is 0.371 e. The van der Waals surface area contributed by atoms with Crippen molar-refractivity contribution in [3.05, 3.63) is 59.8 Å². The maximum atomic E-state index is 3.43. The highest BCUT2D eigenvalue weighted by atomic mass is 15.3. The summed E-state index contributed by atoms with van der Waals surface area (Å²) in [6.45, 7) is 5.89. The van der Waals surface area contributed by atoms with Crippen molar-refractivity contribution >= 4 is 22.3 Å². The van der Waals surface area contributed by atoms with Crippen LogP contribution in [0.5, 0.6) is 0 Å². The summed E-state index contributed by atoms with van der Waals surface area (Å²) < 4.78 is 0. The Morgan fingerprint density at radius 1 is 1.04 bits per heavy atom. The lowest BCUT2D eigenvalue weighted by Crippen LogP contribution is -2.49. The topological polar surface area (TPSA) is 25.5 Å². The monoisotopic (exact) mass is 372 g/mol. The predicted octanol–water partition coefficient (Wildman–Crippen LogP) is 3.84. The van der Waals surface area contributed by atoms with Crippen LogP contribution in [0.4, 0.5) is 11.4 Å². The Kier molecular flexibility index (Phi) is 3.70. The third-order valence-corrected chi connectivity index (χ3v) is 7.25. The molecule has 4 nitrogen and oxygen atoms in total. The van der Waals surface area contributed by atoms with Crippen molar-refractivity contribution in [1.82, 2.24) is 9.88 Å². The number of likely N-dealkylation sites (tertiary alicyclic amines) is 1. The second-order valence-electron chi connectivity index (χ2n) is 8.70. The van der Waals surface area contributed by atoms with Gasteiger partial charge in [-0.2, -0.15) is 0 Å². The number of para-hydroxylation sites is 2. The van der Waals surface area contributed by atoms with Crippen molar-refractivity contribution in [2.45, 2.75) is 24.8 Å². The van der Waals surface area contributed by atoms with Gasteiger partial charge in [-0.25, -0.2) is 0 Å². The van der Waals surface area contributed by atoms with Crippen LogP contribution >= 0.6 is 0 Å². The van der Waals surface area contributed by atoms with E-state index in [9.17, 15) is 0 Å². The fraction of sp³-hybridized carbons (Fsp3) is 0.417. The van der Waals surface area contributed by atoms with Gasteiger partial charge in [-0.1, -0.05) is 30.3 Å². The molecule has 1 aromatic heterocycles. The first-order chi connectivity index (χ1) is 13.8. The molecule has 1 saturated heterocycles. The molecule has 3 aliphatic heterocycles. The number of nitrogens with one attached hydrogen (secondary N) is 1. The molecule has 0 bridgehead atoms. The number of rotatable bonds is 3. The van der Waals surface area contributed by atoms with Gasteiger partial charge in [0.15, 0.2) is 0 Å². The molecule has 0 radical (unpaired) electrons. The fourth-order valence-electron chi connectivity index (χ4n) is 5.80. The zero-order valence-corrected chi connectivity index (χ0v) is 16.6. The van der Waals surface area contributed by atoms with Crippen molar-refractivity contribution in [1.29, 1.82) is 0 Å². The van der Waals surface area contributed by atoms with Crippen LogP contribution < -0.4 is 9.80 Å². The van der Waals surface area contributed by atoms with E-state index in [0.29, 0.717) is 12.0 Å². The molecule has 3 aromatic rings. The smallest absolute Gasteiger partial charge is 0.0644 e. The number of piperidine rings is 1. The molecule has 0 amide bonds. The van der Waals surface area contributed by atoms with E-state index in [0.717, 1.165) is 19.5 Å². The number of fused-ring (bicyclic) bond motifs is 4. The Bertz CT molecular complexity index is 1020. The van der Waals surface area contributed by atoms with Gasteiger partial charge in [0.1, 0.15) is 0 Å². The number of H-pyrrole nitrogens is 1. The molecule has 0 spiro atoms. The summed E-state index contributed by atoms with van der Waals surface area (Å²) in [6.07, 6.45) is 4.62. The van der Waals surface area contributed by atoms with Gasteiger partial charge >= 0.3 is 0 Å². The minimum atomic E-state index is 0.665. The van der Waals surface area contributed by atoms with E-state index in [-0.39, 0.29) is 0 Å². The first-order valence-electron chi connectivity index (χ1n) is 10.7. The Morgan fingerprint density at radius 3 is 2.93 bits per heavy atom. The van der Waals surface area contributed by atoms with Crippen LogP contribution in [0.25, 0.3) is 10.9 Å². The number of benzene rings is 2. The highest BCUT2D eigenvalue weighted by Crippen LogP contribution is 2.50. The average Bonchev–Trinajstić information content (AvgIpc) is 3.29. The van der Waals surface area contributed by atoms with Crippen LogP contribution in [0, 0.1) is 0 Å². The van der Waals surface area contributed by atoms with E-state index >= 15 is 0 Å². The second-order valence-corrected chi connectivity index (χ2v) is 8.70. The Balaban J connectivity index is 1.22. The van der Waals surface area contributed by atoms with Gasteiger partial charge in [-0.15, -0.1) is 0 Å². The van der Waals surface area contributed by atoms with E-state index in [1.54, 1.807) is 5.56 Å². The Hall–Kier alpha value is -2.46. The fourth-order valence-corrected chi connectivity index (χ4v) is 5.80. The standard InChI is InChI=1S/C24H28N4/c1-26-13-14-28-22-10-12-27(16-20(22)19-6-4-8-23(26)24(19)28)11-9-17-15-25-21-7-3-2-5-18(17)21/h2-8,15,20,22,25H,9-14,16H2,1H3/t20-,22-/m0/s1. The van der Waals surface area contributed by atoms with Gasteiger partial charge in [-0.3, -0.25) is 0 Å². The highest BCUT2D eigenvalue weighted by molar-refractivity contribution is 5.83. The summed E-state index contributed by atoms with van der Waals surface area (Å²) in [5.74, 6) is 0.665. The molecule has 2 atom stereocenters. The molecule has 0 saturated carbocycles. The normalized spacial score (nSPS) is 23.9. The maximum absolute atomic E-state index is 3.43. The SMILES string of the molecule is CN1CCN2c3c(cccc31)[C@@H]1CN(CCc3c[nH]c4ccccc34)CC[C@@H]12. The van der Waals surface area contributed by atoms with Crippen molar-refractivity contribution in [2.24, 2.45) is 0 Å². The number of anilines is 2. The molecule has 28 heavy (non-hydrogen) atoms. The molecular weight excluding hydrogens is 344 g/mol. The van der Waals surface area contributed by atoms with Crippen LogP contribution in [0.2, 0.25) is 0 Å². The van der Waals surface area contributed by atoms with E-state index in [1.165, 1.54) is 53.9 Å². The summed E-state index contributed by atoms with van der Waals surface area (Å²) in [4.78, 5) is 11.3. The zero-order chi connectivity index (χ0) is 18.7. The molecule has 1 fully saturated rings. The molecule has 0 aliphatic carbocycles. The number of hydrogen-bond acceptors (Lipinski definition) is 3. The van der Waals surface area contributed by atoms with Gasteiger partial charge in [0.05, 0.1) is 11.4 Å². The number of likely N-dealkylation sites (N-methyl/N-ethyl adjacent to an activating group) is 1. The number of nitrogens with zero attached hydrogens (tertiary/aromatic N) is 3. The zero-order valence-electron chi connectivity index (χ0n) is 16.6. The maximum Gasteiger partial charge on any atom is 0.0644 e. The Labute approximate surface area is 166 Å². The molecule has 3 aliphatic rings. The van der Waals surface area contributed by atoms with Crippen molar-refractivity contribution in [3.8, 4) is 0 Å². The molecule has 4 heterocycles. The van der Waals surface area contributed by atoms with Gasteiger partial charge in [0, 0.05) is 68.8 Å². The lowest BCUT2D eigenvalue weighted by Gasteiger charge is -2.41. The number of aromatic amines is 1. The van der Waals surface area contributed by atoms with Crippen LogP contribution in [0.3, 0.4) is 0 Å². The van der Waals surface area contributed by atoms with E-state index in [2.05, 4.69) is 75.4 Å². The number of hydrogen-bond donors (Lipinski definition) is 1. The summed E-state index contributed by atoms with van der Waals surface area (Å²) >= 11 is 0. The quantitative estimate of drug-likeness (QED) is 0.756. The van der Waals surface area contributed by atoms with Crippen molar-refractivity contribution < 1.29 is 0 Å². The molecule has 4 heteroatoms. The summed E-state index contributed by atoms with van der Waals surface area (Å²) in [7, 11) is 2.24. The summed E-state index contributed by atoms with van der Waals surface area (Å²) in [6, 6.07) is 16.3. The molecule has 6 rings (SSSR count). The highest BCUT2D eigenvalue weighted by Gasteiger charge is 2.44. The Morgan fingerprint density at radius 2 is 1.96 bits per heavy atom. The van der Waals surface area contributed by atoms with Crippen LogP contribution in [-0.4, -0.2) is 55.7 Å². The van der Waals surface area contributed by atoms with Gasteiger partial charge in [0.2, 0.25) is 0 Å². The average molecular weight is 373 g/mol. The lowest BCUT2D eigenvalue weighted by atomic mass is 9.89. The van der Waals surface area contributed by atoms with Gasteiger partial charge in [-0.05, 0) is 36.1 Å². The summed E-state index contributed by atoms with van der Waals surface area (Å²) in [5.41, 5.74) is 7.26. The number of aromatic nitrogens is 1. The molecule has 2 aromatic carbocycles. The predicted molar refractivity (Wildman–Crippen MR) is 117 cm³/mol. The molecular formula is C24H28N4. The van der Waals surface area contributed by atoms with Gasteiger partial charge in [0.25, 0.3) is 0 Å². The molecule has 1 N–H and O–H groups in total. The minimum absolute atomic E-state index is 0.665. The first-order valence-corrected chi connectivity index (χ1v) is 10.7. The lowest BCUT2D eigenvalue weighted by molar-refractivity contribution is 0.195. The third kappa shape index (κ3) is 2.40. The van der Waals surface area contributed by atoms with E-state index in [4.69, 9.17) is 0 Å². The van der Waals surface area contributed by atoms with Crippen molar-refractivity contribution in [3.63, 3.8) is 0 Å².